The smallest absolute Gasteiger partial charge is 0.319 e. The van der Waals surface area contributed by atoms with Crippen molar-refractivity contribution in [2.75, 3.05) is 18.5 Å². The molecule has 1 aromatic carbocycles. The number of amides is 2. The van der Waals surface area contributed by atoms with E-state index in [4.69, 9.17) is 4.74 Å². The standard InChI is InChI=1S/C18H24N4O2/c23-18(20-10-2-1-4-17-5-3-13-24-17)21-15-6-8-16(9-7-15)22-12-11-19-14-22/h6-9,11-12,14,17H,1-5,10,13H2,(H2,20,21,23). The highest BCUT2D eigenvalue weighted by molar-refractivity contribution is 5.89. The lowest BCUT2D eigenvalue weighted by Gasteiger charge is -2.10. The summed E-state index contributed by atoms with van der Waals surface area (Å²) in [6.45, 7) is 1.59. The fourth-order valence-corrected chi connectivity index (χ4v) is 2.87. The maximum atomic E-state index is 11.9. The van der Waals surface area contributed by atoms with Crippen LogP contribution in [0.4, 0.5) is 10.5 Å². The number of nitrogens with one attached hydrogen (secondary N) is 2. The van der Waals surface area contributed by atoms with Gasteiger partial charge in [0, 0.05) is 36.9 Å². The molecular formula is C18H24N4O2. The van der Waals surface area contributed by atoms with Crippen LogP contribution in [-0.2, 0) is 4.74 Å². The number of rotatable bonds is 7. The van der Waals surface area contributed by atoms with Gasteiger partial charge in [0.1, 0.15) is 0 Å². The first kappa shape index (κ1) is 16.5. The molecule has 0 radical (unpaired) electrons. The Bertz CT molecular complexity index is 619. The average molecular weight is 328 g/mol. The normalized spacial score (nSPS) is 16.9. The highest BCUT2D eigenvalue weighted by Gasteiger charge is 2.14. The maximum Gasteiger partial charge on any atom is 0.319 e. The predicted octanol–water partition coefficient (Wildman–Crippen LogP) is 3.34. The lowest BCUT2D eigenvalue weighted by molar-refractivity contribution is 0.102. The van der Waals surface area contributed by atoms with Crippen molar-refractivity contribution in [1.82, 2.24) is 14.9 Å². The number of aromatic nitrogens is 2. The minimum atomic E-state index is -0.164. The summed E-state index contributed by atoms with van der Waals surface area (Å²) in [4.78, 5) is 15.9. The molecule has 1 aromatic heterocycles. The summed E-state index contributed by atoms with van der Waals surface area (Å²) in [7, 11) is 0. The Kier molecular flexibility index (Phi) is 5.85. The molecule has 0 saturated carbocycles. The van der Waals surface area contributed by atoms with Gasteiger partial charge in [-0.15, -0.1) is 0 Å². The third-order valence-corrected chi connectivity index (χ3v) is 4.19. The SMILES string of the molecule is O=C(NCCCCC1CCCO1)Nc1ccc(-n2ccnc2)cc1. The first-order valence-corrected chi connectivity index (χ1v) is 8.56. The number of benzene rings is 1. The van der Waals surface area contributed by atoms with E-state index in [1.165, 1.54) is 12.8 Å². The van der Waals surface area contributed by atoms with Crippen LogP contribution in [0.2, 0.25) is 0 Å². The summed E-state index contributed by atoms with van der Waals surface area (Å²) in [6.07, 6.45) is 11.3. The highest BCUT2D eigenvalue weighted by Crippen LogP contribution is 2.17. The average Bonchev–Trinajstić information content (AvgIpc) is 3.29. The van der Waals surface area contributed by atoms with E-state index < -0.39 is 0 Å². The Balaban J connectivity index is 1.34. The van der Waals surface area contributed by atoms with Crippen LogP contribution in [0.1, 0.15) is 32.1 Å². The molecule has 2 aromatic rings. The fraction of sp³-hybridized carbons (Fsp3) is 0.444. The predicted molar refractivity (Wildman–Crippen MR) is 93.4 cm³/mol. The van der Waals surface area contributed by atoms with Gasteiger partial charge in [-0.2, -0.15) is 0 Å². The maximum absolute atomic E-state index is 11.9. The number of unbranched alkanes of at least 4 members (excludes halogenated alkanes) is 1. The van der Waals surface area contributed by atoms with Gasteiger partial charge in [-0.1, -0.05) is 0 Å². The molecule has 1 aliphatic heterocycles. The van der Waals surface area contributed by atoms with E-state index in [0.29, 0.717) is 12.6 Å². The Morgan fingerprint density at radius 2 is 2.17 bits per heavy atom. The number of hydrogen-bond donors (Lipinski definition) is 2. The monoisotopic (exact) mass is 328 g/mol. The molecule has 1 unspecified atom stereocenters. The molecule has 2 heterocycles. The minimum absolute atomic E-state index is 0.164. The van der Waals surface area contributed by atoms with E-state index in [0.717, 1.165) is 37.2 Å². The van der Waals surface area contributed by atoms with Gasteiger partial charge in [0.15, 0.2) is 0 Å². The molecule has 0 spiro atoms. The van der Waals surface area contributed by atoms with Crippen molar-refractivity contribution in [3.05, 3.63) is 43.0 Å². The van der Waals surface area contributed by atoms with Crippen LogP contribution in [-0.4, -0.2) is 34.8 Å². The molecule has 6 heteroatoms. The van der Waals surface area contributed by atoms with Crippen molar-refractivity contribution in [3.63, 3.8) is 0 Å². The van der Waals surface area contributed by atoms with Crippen LogP contribution in [0.25, 0.3) is 5.69 Å². The molecule has 24 heavy (non-hydrogen) atoms. The van der Waals surface area contributed by atoms with Crippen molar-refractivity contribution in [2.45, 2.75) is 38.2 Å². The summed E-state index contributed by atoms with van der Waals surface area (Å²) in [5, 5.41) is 5.74. The second-order valence-corrected chi connectivity index (χ2v) is 6.03. The number of hydrogen-bond acceptors (Lipinski definition) is 3. The van der Waals surface area contributed by atoms with E-state index in [1.54, 1.807) is 12.5 Å². The topological polar surface area (TPSA) is 68.2 Å². The number of ether oxygens (including phenoxy) is 1. The Morgan fingerprint density at radius 1 is 1.29 bits per heavy atom. The van der Waals surface area contributed by atoms with Crippen molar-refractivity contribution < 1.29 is 9.53 Å². The van der Waals surface area contributed by atoms with E-state index in [2.05, 4.69) is 15.6 Å². The first-order chi connectivity index (χ1) is 11.8. The van der Waals surface area contributed by atoms with Crippen LogP contribution in [0.3, 0.4) is 0 Å². The number of nitrogens with zero attached hydrogens (tertiary/aromatic N) is 2. The number of anilines is 1. The van der Waals surface area contributed by atoms with Crippen LogP contribution >= 0.6 is 0 Å². The highest BCUT2D eigenvalue weighted by atomic mass is 16.5. The van der Waals surface area contributed by atoms with Crippen LogP contribution < -0.4 is 10.6 Å². The third-order valence-electron chi connectivity index (χ3n) is 4.19. The number of urea groups is 1. The Labute approximate surface area is 142 Å². The van der Waals surface area contributed by atoms with Crippen LogP contribution in [0.5, 0.6) is 0 Å². The van der Waals surface area contributed by atoms with E-state index in [-0.39, 0.29) is 6.03 Å². The summed E-state index contributed by atoms with van der Waals surface area (Å²) < 4.78 is 7.51. The summed E-state index contributed by atoms with van der Waals surface area (Å²) in [5.41, 5.74) is 1.78. The number of carbonyl (C=O) groups is 1. The van der Waals surface area contributed by atoms with Gasteiger partial charge in [-0.3, -0.25) is 0 Å². The largest absolute Gasteiger partial charge is 0.378 e. The molecule has 0 bridgehead atoms. The Hall–Kier alpha value is -2.34. The number of carbonyl (C=O) groups excluding carboxylic acids is 1. The minimum Gasteiger partial charge on any atom is -0.378 e. The van der Waals surface area contributed by atoms with Gasteiger partial charge >= 0.3 is 6.03 Å². The van der Waals surface area contributed by atoms with Crippen molar-refractivity contribution >= 4 is 11.7 Å². The second-order valence-electron chi connectivity index (χ2n) is 6.03. The summed E-state index contributed by atoms with van der Waals surface area (Å²) in [6, 6.07) is 7.48. The van der Waals surface area contributed by atoms with E-state index in [1.807, 2.05) is 35.0 Å². The zero-order valence-corrected chi connectivity index (χ0v) is 13.8. The van der Waals surface area contributed by atoms with Crippen molar-refractivity contribution in [3.8, 4) is 5.69 Å². The Morgan fingerprint density at radius 3 is 2.88 bits per heavy atom. The lowest BCUT2D eigenvalue weighted by atomic mass is 10.1. The molecular weight excluding hydrogens is 304 g/mol. The molecule has 1 atom stereocenters. The van der Waals surface area contributed by atoms with Crippen molar-refractivity contribution in [2.24, 2.45) is 0 Å². The van der Waals surface area contributed by atoms with Crippen molar-refractivity contribution in [1.29, 1.82) is 0 Å². The van der Waals surface area contributed by atoms with Gasteiger partial charge < -0.3 is 19.9 Å². The summed E-state index contributed by atoms with van der Waals surface area (Å²) >= 11 is 0. The van der Waals surface area contributed by atoms with Gasteiger partial charge in [-0.25, -0.2) is 9.78 Å². The lowest BCUT2D eigenvalue weighted by Crippen LogP contribution is -2.29. The molecule has 1 fully saturated rings. The zero-order valence-electron chi connectivity index (χ0n) is 13.8. The molecule has 1 saturated heterocycles. The second kappa shape index (κ2) is 8.49. The third kappa shape index (κ3) is 4.83. The van der Waals surface area contributed by atoms with Crippen LogP contribution in [0.15, 0.2) is 43.0 Å². The van der Waals surface area contributed by atoms with Gasteiger partial charge in [0.25, 0.3) is 0 Å². The fourth-order valence-electron chi connectivity index (χ4n) is 2.87. The zero-order chi connectivity index (χ0) is 16.6. The summed E-state index contributed by atoms with van der Waals surface area (Å²) in [5.74, 6) is 0. The quantitative estimate of drug-likeness (QED) is 0.766. The van der Waals surface area contributed by atoms with Crippen LogP contribution in [0, 0.1) is 0 Å². The molecule has 1 aliphatic rings. The first-order valence-electron chi connectivity index (χ1n) is 8.56. The molecule has 2 amide bonds. The molecule has 128 valence electrons. The van der Waals surface area contributed by atoms with E-state index >= 15 is 0 Å². The van der Waals surface area contributed by atoms with Gasteiger partial charge in [0.2, 0.25) is 0 Å². The molecule has 3 rings (SSSR count). The molecule has 2 N–H and O–H groups in total. The van der Waals surface area contributed by atoms with E-state index in [9.17, 15) is 4.79 Å². The number of imidazole rings is 1. The van der Waals surface area contributed by atoms with Gasteiger partial charge in [0.05, 0.1) is 12.4 Å². The molecule has 0 aliphatic carbocycles. The van der Waals surface area contributed by atoms with Gasteiger partial charge in [-0.05, 0) is 56.4 Å². The molecule has 6 nitrogen and oxygen atoms in total.